The standard InChI is InChI=1S/C32H46N4O7/c1-31(2,3)42-29(39)35-19-23-10-8-7-9-22(23)11-13-25(37)21-34-28(38)24-12-14-27(33-20-24)41-26-15-17-36(18-16-26)30(40)43-32(4,5)6/h7-10,12,14,20,25-26,37H,11,13,15-19,21H2,1-6H3,(H,34,38)(H,35,39)/t25-/m0/s1. The molecule has 11 nitrogen and oxygen atoms in total. The molecule has 2 aromatic rings. The topological polar surface area (TPSA) is 139 Å². The molecule has 1 aromatic carbocycles. The van der Waals surface area contributed by atoms with E-state index in [0.29, 0.717) is 56.8 Å². The van der Waals surface area contributed by atoms with E-state index < -0.39 is 23.4 Å². The smallest absolute Gasteiger partial charge is 0.410 e. The Kier molecular flexibility index (Phi) is 11.8. The van der Waals surface area contributed by atoms with Crippen molar-refractivity contribution in [3.05, 3.63) is 59.3 Å². The predicted octanol–water partition coefficient (Wildman–Crippen LogP) is 4.61. The molecule has 0 radical (unpaired) electrons. The summed E-state index contributed by atoms with van der Waals surface area (Å²) in [6.45, 7) is 12.4. The zero-order valence-electron chi connectivity index (χ0n) is 26.1. The summed E-state index contributed by atoms with van der Waals surface area (Å²) in [5.41, 5.74) is 1.19. The van der Waals surface area contributed by atoms with E-state index in [-0.39, 0.29) is 24.6 Å². The van der Waals surface area contributed by atoms with Crippen LogP contribution in [0, 0.1) is 0 Å². The fourth-order valence-electron chi connectivity index (χ4n) is 4.43. The number of nitrogens with one attached hydrogen (secondary N) is 2. The highest BCUT2D eigenvalue weighted by molar-refractivity contribution is 5.93. The summed E-state index contributed by atoms with van der Waals surface area (Å²) in [7, 11) is 0. The van der Waals surface area contributed by atoms with Crippen molar-refractivity contribution in [1.82, 2.24) is 20.5 Å². The van der Waals surface area contributed by atoms with E-state index in [4.69, 9.17) is 14.2 Å². The van der Waals surface area contributed by atoms with Crippen LogP contribution in [-0.4, -0.2) is 76.1 Å². The molecule has 1 aliphatic heterocycles. The van der Waals surface area contributed by atoms with Crippen molar-refractivity contribution in [2.45, 2.75) is 97.2 Å². The Morgan fingerprint density at radius 2 is 1.60 bits per heavy atom. The molecule has 3 rings (SSSR count). The number of aliphatic hydroxyl groups excluding tert-OH is 1. The van der Waals surface area contributed by atoms with Crippen molar-refractivity contribution in [2.24, 2.45) is 0 Å². The quantitative estimate of drug-likeness (QED) is 0.360. The van der Waals surface area contributed by atoms with Crippen molar-refractivity contribution < 1.29 is 33.7 Å². The number of aromatic nitrogens is 1. The fraction of sp³-hybridized carbons (Fsp3) is 0.562. The number of rotatable bonds is 10. The largest absolute Gasteiger partial charge is 0.474 e. The van der Waals surface area contributed by atoms with Crippen LogP contribution in [0.25, 0.3) is 0 Å². The summed E-state index contributed by atoms with van der Waals surface area (Å²) < 4.78 is 16.7. The Bertz CT molecular complexity index is 1210. The summed E-state index contributed by atoms with van der Waals surface area (Å²) in [6.07, 6.45) is 2.13. The van der Waals surface area contributed by atoms with Gasteiger partial charge >= 0.3 is 12.2 Å². The van der Waals surface area contributed by atoms with Crippen molar-refractivity contribution in [2.75, 3.05) is 19.6 Å². The van der Waals surface area contributed by atoms with Gasteiger partial charge in [-0.2, -0.15) is 0 Å². The number of alkyl carbamates (subject to hydrolysis) is 1. The highest BCUT2D eigenvalue weighted by atomic mass is 16.6. The van der Waals surface area contributed by atoms with E-state index in [9.17, 15) is 19.5 Å². The molecule has 3 N–H and O–H groups in total. The number of benzene rings is 1. The predicted molar refractivity (Wildman–Crippen MR) is 162 cm³/mol. The van der Waals surface area contributed by atoms with Crippen molar-refractivity contribution in [3.63, 3.8) is 0 Å². The highest BCUT2D eigenvalue weighted by Gasteiger charge is 2.28. The van der Waals surface area contributed by atoms with E-state index in [2.05, 4.69) is 15.6 Å². The molecule has 1 atom stereocenters. The molecule has 1 aliphatic rings. The van der Waals surface area contributed by atoms with Gasteiger partial charge in [-0.25, -0.2) is 14.6 Å². The molecule has 1 aromatic heterocycles. The van der Waals surface area contributed by atoms with Crippen LogP contribution in [0.1, 0.15) is 82.3 Å². The maximum absolute atomic E-state index is 12.6. The van der Waals surface area contributed by atoms with Gasteiger partial charge in [-0.3, -0.25) is 4.79 Å². The zero-order valence-corrected chi connectivity index (χ0v) is 26.1. The summed E-state index contributed by atoms with van der Waals surface area (Å²) in [5, 5.41) is 16.0. The minimum Gasteiger partial charge on any atom is -0.474 e. The molecule has 43 heavy (non-hydrogen) atoms. The van der Waals surface area contributed by atoms with Crippen LogP contribution in [0.4, 0.5) is 9.59 Å². The number of hydrogen-bond acceptors (Lipinski definition) is 8. The summed E-state index contributed by atoms with van der Waals surface area (Å²) in [6, 6.07) is 11.0. The van der Waals surface area contributed by atoms with Crippen LogP contribution in [-0.2, 0) is 22.4 Å². The second-order valence-electron chi connectivity index (χ2n) is 12.7. The van der Waals surface area contributed by atoms with Gasteiger partial charge < -0.3 is 34.9 Å². The van der Waals surface area contributed by atoms with Gasteiger partial charge in [0.05, 0.1) is 11.7 Å². The third-order valence-electron chi connectivity index (χ3n) is 6.57. The molecule has 1 fully saturated rings. The van der Waals surface area contributed by atoms with Crippen LogP contribution in [0.3, 0.4) is 0 Å². The van der Waals surface area contributed by atoms with Crippen LogP contribution < -0.4 is 15.4 Å². The first kappa shape index (κ1) is 33.6. The number of piperidine rings is 1. The molecule has 236 valence electrons. The maximum Gasteiger partial charge on any atom is 0.410 e. The molecule has 0 unspecified atom stereocenters. The Morgan fingerprint density at radius 1 is 0.953 bits per heavy atom. The van der Waals surface area contributed by atoms with Gasteiger partial charge in [-0.05, 0) is 71.6 Å². The normalized spacial score (nSPS) is 14.9. The first-order valence-corrected chi connectivity index (χ1v) is 14.8. The van der Waals surface area contributed by atoms with Gasteiger partial charge in [-0.15, -0.1) is 0 Å². The van der Waals surface area contributed by atoms with Crippen LogP contribution in [0.15, 0.2) is 42.6 Å². The number of carbonyl (C=O) groups excluding carboxylic acids is 3. The lowest BCUT2D eigenvalue weighted by molar-refractivity contribution is 0.0122. The molecular weight excluding hydrogens is 552 g/mol. The zero-order chi connectivity index (χ0) is 31.6. The number of aliphatic hydroxyl groups is 1. The number of ether oxygens (including phenoxy) is 3. The molecule has 2 heterocycles. The average Bonchev–Trinajstić information content (AvgIpc) is 2.93. The second kappa shape index (κ2) is 15.0. The highest BCUT2D eigenvalue weighted by Crippen LogP contribution is 2.20. The van der Waals surface area contributed by atoms with Gasteiger partial charge in [0.15, 0.2) is 0 Å². The fourth-order valence-corrected chi connectivity index (χ4v) is 4.43. The SMILES string of the molecule is CC(C)(C)OC(=O)NCc1ccccc1CC[C@H](O)CNC(=O)c1ccc(OC2CCN(C(=O)OC(C)(C)C)CC2)nc1. The molecule has 0 saturated carbocycles. The minimum absolute atomic E-state index is 0.0840. The first-order chi connectivity index (χ1) is 20.2. The Labute approximate surface area is 254 Å². The number of carbonyl (C=O) groups is 3. The molecule has 3 amide bonds. The lowest BCUT2D eigenvalue weighted by atomic mass is 10.0. The molecule has 0 spiro atoms. The Balaban J connectivity index is 1.39. The maximum atomic E-state index is 12.6. The lowest BCUT2D eigenvalue weighted by Crippen LogP contribution is -2.44. The molecule has 1 saturated heterocycles. The number of hydrogen-bond donors (Lipinski definition) is 3. The van der Waals surface area contributed by atoms with Gasteiger partial charge in [0.2, 0.25) is 5.88 Å². The number of amides is 3. The van der Waals surface area contributed by atoms with Gasteiger partial charge in [0.1, 0.15) is 17.3 Å². The van der Waals surface area contributed by atoms with E-state index in [1.807, 2.05) is 65.8 Å². The van der Waals surface area contributed by atoms with Crippen molar-refractivity contribution in [1.29, 1.82) is 0 Å². The monoisotopic (exact) mass is 598 g/mol. The molecular formula is C32H46N4O7. The van der Waals surface area contributed by atoms with E-state index in [1.54, 1.807) is 17.0 Å². The molecule has 11 heteroatoms. The number of likely N-dealkylation sites (tertiary alicyclic amines) is 1. The van der Waals surface area contributed by atoms with Crippen LogP contribution in [0.2, 0.25) is 0 Å². The minimum atomic E-state index is -0.752. The molecule has 0 aliphatic carbocycles. The van der Waals surface area contributed by atoms with E-state index in [0.717, 1.165) is 11.1 Å². The number of aryl methyl sites for hydroxylation is 1. The second-order valence-corrected chi connectivity index (χ2v) is 12.7. The molecule has 0 bridgehead atoms. The Hall–Kier alpha value is -3.86. The van der Waals surface area contributed by atoms with Crippen LogP contribution >= 0.6 is 0 Å². The third kappa shape index (κ3) is 12.1. The van der Waals surface area contributed by atoms with Gasteiger partial charge in [0.25, 0.3) is 5.91 Å². The Morgan fingerprint density at radius 3 is 2.21 bits per heavy atom. The third-order valence-corrected chi connectivity index (χ3v) is 6.57. The van der Waals surface area contributed by atoms with E-state index >= 15 is 0 Å². The van der Waals surface area contributed by atoms with Gasteiger partial charge in [-0.1, -0.05) is 24.3 Å². The first-order valence-electron chi connectivity index (χ1n) is 14.8. The summed E-state index contributed by atoms with van der Waals surface area (Å²) in [4.78, 5) is 42.8. The number of nitrogens with zero attached hydrogens (tertiary/aromatic N) is 2. The summed E-state index contributed by atoms with van der Waals surface area (Å²) >= 11 is 0. The summed E-state index contributed by atoms with van der Waals surface area (Å²) in [5.74, 6) is 0.0675. The lowest BCUT2D eigenvalue weighted by Gasteiger charge is -2.33. The number of pyridine rings is 1. The van der Waals surface area contributed by atoms with Crippen molar-refractivity contribution in [3.8, 4) is 5.88 Å². The van der Waals surface area contributed by atoms with Crippen molar-refractivity contribution >= 4 is 18.1 Å². The van der Waals surface area contributed by atoms with Gasteiger partial charge in [0, 0.05) is 51.3 Å². The average molecular weight is 599 g/mol. The van der Waals surface area contributed by atoms with Crippen LogP contribution in [0.5, 0.6) is 5.88 Å². The van der Waals surface area contributed by atoms with E-state index in [1.165, 1.54) is 6.20 Å².